The first-order chi connectivity index (χ1) is 7.79. The van der Waals surface area contributed by atoms with Crippen molar-refractivity contribution >= 4 is 22.7 Å². The van der Waals surface area contributed by atoms with Crippen LogP contribution in [0, 0.1) is 0 Å². The highest BCUT2D eigenvalue weighted by molar-refractivity contribution is 7.86. The molecule has 0 N–H and O–H groups in total. The lowest BCUT2D eigenvalue weighted by atomic mass is 10.3. The standard InChI is InChI=1S/C11H21NO4S/c1-8(2)12(4)10(13)7-17(15)9(3)6-11(14)16-5/h8-9H,6-7H2,1-5H3. The van der Waals surface area contributed by atoms with Gasteiger partial charge in [-0.1, -0.05) is 6.92 Å². The summed E-state index contributed by atoms with van der Waals surface area (Å²) in [7, 11) is 1.62. The molecule has 0 heterocycles. The molecule has 6 heteroatoms. The van der Waals surface area contributed by atoms with E-state index >= 15 is 0 Å². The van der Waals surface area contributed by atoms with Crippen molar-refractivity contribution in [2.24, 2.45) is 0 Å². The van der Waals surface area contributed by atoms with Crippen LogP contribution in [0.1, 0.15) is 27.2 Å². The molecule has 0 fully saturated rings. The summed E-state index contributed by atoms with van der Waals surface area (Å²) in [4.78, 5) is 24.2. The molecule has 0 aliphatic carbocycles. The van der Waals surface area contributed by atoms with Crippen LogP contribution in [0.3, 0.4) is 0 Å². The fourth-order valence-electron chi connectivity index (χ4n) is 1.06. The lowest BCUT2D eigenvalue weighted by Gasteiger charge is -2.21. The molecule has 0 aromatic carbocycles. The lowest BCUT2D eigenvalue weighted by Crippen LogP contribution is -2.37. The van der Waals surface area contributed by atoms with Gasteiger partial charge in [0.05, 0.1) is 13.5 Å². The van der Waals surface area contributed by atoms with E-state index in [0.29, 0.717) is 0 Å². The maximum absolute atomic E-state index is 11.8. The normalized spacial score (nSPS) is 14.2. The Labute approximate surface area is 105 Å². The van der Waals surface area contributed by atoms with Gasteiger partial charge in [0, 0.05) is 29.1 Å². The summed E-state index contributed by atoms with van der Waals surface area (Å²) in [6.45, 7) is 5.45. The van der Waals surface area contributed by atoms with Crippen LogP contribution in [0.5, 0.6) is 0 Å². The summed E-state index contributed by atoms with van der Waals surface area (Å²) >= 11 is 0. The summed E-state index contributed by atoms with van der Waals surface area (Å²) in [5.74, 6) is -0.627. The fourth-order valence-corrected chi connectivity index (χ4v) is 2.12. The van der Waals surface area contributed by atoms with Crippen LogP contribution in [-0.4, -0.2) is 52.2 Å². The second-order valence-corrected chi connectivity index (χ2v) is 6.07. The Morgan fingerprint density at radius 1 is 1.29 bits per heavy atom. The van der Waals surface area contributed by atoms with Crippen LogP contribution < -0.4 is 0 Å². The van der Waals surface area contributed by atoms with Gasteiger partial charge in [0.25, 0.3) is 0 Å². The highest BCUT2D eigenvalue weighted by Gasteiger charge is 2.21. The molecule has 0 aliphatic heterocycles. The maximum atomic E-state index is 11.8. The molecule has 2 unspecified atom stereocenters. The molecule has 0 radical (unpaired) electrons. The van der Waals surface area contributed by atoms with Crippen molar-refractivity contribution < 1.29 is 18.5 Å². The minimum Gasteiger partial charge on any atom is -0.469 e. The average molecular weight is 263 g/mol. The topological polar surface area (TPSA) is 63.7 Å². The summed E-state index contributed by atoms with van der Waals surface area (Å²) in [5, 5.41) is -0.369. The van der Waals surface area contributed by atoms with Gasteiger partial charge in [0.1, 0.15) is 5.75 Å². The van der Waals surface area contributed by atoms with Crippen LogP contribution in [-0.2, 0) is 25.1 Å². The molecule has 0 aliphatic rings. The predicted octanol–water partition coefficient (Wildman–Crippen LogP) is 0.553. The fraction of sp³-hybridized carbons (Fsp3) is 0.818. The summed E-state index contributed by atoms with van der Waals surface area (Å²) in [6.07, 6.45) is 0.0712. The first-order valence-corrected chi connectivity index (χ1v) is 6.87. The van der Waals surface area contributed by atoms with E-state index in [1.54, 1.807) is 18.9 Å². The Kier molecular flexibility index (Phi) is 7.03. The molecule has 5 nitrogen and oxygen atoms in total. The molecular weight excluding hydrogens is 242 g/mol. The molecular formula is C11H21NO4S. The van der Waals surface area contributed by atoms with E-state index in [2.05, 4.69) is 4.74 Å². The molecule has 2 atom stereocenters. The van der Waals surface area contributed by atoms with E-state index < -0.39 is 16.8 Å². The van der Waals surface area contributed by atoms with Gasteiger partial charge in [0.15, 0.2) is 0 Å². The zero-order chi connectivity index (χ0) is 13.6. The number of carbonyl (C=O) groups is 2. The average Bonchev–Trinajstić information content (AvgIpc) is 2.27. The molecule has 0 spiro atoms. The molecule has 0 saturated carbocycles. The van der Waals surface area contributed by atoms with Gasteiger partial charge in [0.2, 0.25) is 5.91 Å². The van der Waals surface area contributed by atoms with Crippen LogP contribution in [0.15, 0.2) is 0 Å². The van der Waals surface area contributed by atoms with Crippen LogP contribution in [0.2, 0.25) is 0 Å². The first-order valence-electron chi connectivity index (χ1n) is 5.49. The molecule has 0 rings (SSSR count). The van der Waals surface area contributed by atoms with Crippen LogP contribution in [0.25, 0.3) is 0 Å². The van der Waals surface area contributed by atoms with Crippen molar-refractivity contribution in [1.82, 2.24) is 4.90 Å². The van der Waals surface area contributed by atoms with Gasteiger partial charge in [-0.05, 0) is 13.8 Å². The Hall–Kier alpha value is -0.910. The van der Waals surface area contributed by atoms with Crippen molar-refractivity contribution in [2.45, 2.75) is 38.5 Å². The summed E-state index contributed by atoms with van der Waals surface area (Å²) in [5.41, 5.74) is 0. The Morgan fingerprint density at radius 3 is 2.24 bits per heavy atom. The zero-order valence-corrected chi connectivity index (χ0v) is 11.9. The number of amides is 1. The Bertz CT molecular complexity index is 304. The van der Waals surface area contributed by atoms with Crippen molar-refractivity contribution in [3.05, 3.63) is 0 Å². The summed E-state index contributed by atoms with van der Waals surface area (Å²) < 4.78 is 16.3. The third kappa shape index (κ3) is 5.81. The monoisotopic (exact) mass is 263 g/mol. The number of rotatable bonds is 6. The second-order valence-electron chi connectivity index (χ2n) is 4.21. The molecule has 0 aromatic heterocycles. The molecule has 100 valence electrons. The number of nitrogens with zero attached hydrogens (tertiary/aromatic N) is 1. The minimum absolute atomic E-state index is 0.0488. The van der Waals surface area contributed by atoms with Gasteiger partial charge < -0.3 is 9.64 Å². The smallest absolute Gasteiger partial charge is 0.306 e. The van der Waals surface area contributed by atoms with E-state index in [1.807, 2.05) is 13.8 Å². The number of hydrogen-bond acceptors (Lipinski definition) is 4. The third-order valence-corrected chi connectivity index (χ3v) is 4.16. The van der Waals surface area contributed by atoms with Crippen molar-refractivity contribution in [3.63, 3.8) is 0 Å². The van der Waals surface area contributed by atoms with E-state index in [9.17, 15) is 13.8 Å². The SMILES string of the molecule is COC(=O)CC(C)S(=O)CC(=O)N(C)C(C)C. The first kappa shape index (κ1) is 16.1. The number of esters is 1. The Morgan fingerprint density at radius 2 is 1.82 bits per heavy atom. The second kappa shape index (κ2) is 7.42. The van der Waals surface area contributed by atoms with Crippen molar-refractivity contribution in [1.29, 1.82) is 0 Å². The zero-order valence-electron chi connectivity index (χ0n) is 11.1. The Balaban J connectivity index is 4.25. The highest BCUT2D eigenvalue weighted by atomic mass is 32.2. The van der Waals surface area contributed by atoms with Crippen molar-refractivity contribution in [2.75, 3.05) is 19.9 Å². The van der Waals surface area contributed by atoms with Crippen LogP contribution in [0.4, 0.5) is 0 Å². The number of ether oxygens (including phenoxy) is 1. The largest absolute Gasteiger partial charge is 0.469 e. The quantitative estimate of drug-likeness (QED) is 0.657. The van der Waals surface area contributed by atoms with Crippen LogP contribution >= 0.6 is 0 Å². The van der Waals surface area contributed by atoms with Gasteiger partial charge >= 0.3 is 5.97 Å². The predicted molar refractivity (Wildman–Crippen MR) is 67.0 cm³/mol. The van der Waals surface area contributed by atoms with E-state index in [-0.39, 0.29) is 29.4 Å². The minimum atomic E-state index is -1.35. The molecule has 0 saturated heterocycles. The lowest BCUT2D eigenvalue weighted by molar-refractivity contribution is -0.140. The number of hydrogen-bond donors (Lipinski definition) is 0. The van der Waals surface area contributed by atoms with E-state index in [1.165, 1.54) is 7.11 Å². The summed E-state index contributed by atoms with van der Waals surface area (Å²) in [6, 6.07) is 0.0791. The van der Waals surface area contributed by atoms with Crippen molar-refractivity contribution in [3.8, 4) is 0 Å². The number of carbonyl (C=O) groups excluding carboxylic acids is 2. The molecule has 0 aromatic rings. The van der Waals surface area contributed by atoms with E-state index in [4.69, 9.17) is 0 Å². The molecule has 17 heavy (non-hydrogen) atoms. The molecule has 0 bridgehead atoms. The maximum Gasteiger partial charge on any atom is 0.306 e. The van der Waals surface area contributed by atoms with Gasteiger partial charge in [-0.25, -0.2) is 0 Å². The van der Waals surface area contributed by atoms with E-state index in [0.717, 1.165) is 0 Å². The highest BCUT2D eigenvalue weighted by Crippen LogP contribution is 2.05. The van der Waals surface area contributed by atoms with Gasteiger partial charge in [-0.15, -0.1) is 0 Å². The number of methoxy groups -OCH3 is 1. The van der Waals surface area contributed by atoms with Gasteiger partial charge in [-0.3, -0.25) is 13.8 Å². The third-order valence-electron chi connectivity index (χ3n) is 2.56. The molecule has 1 amide bonds. The van der Waals surface area contributed by atoms with Gasteiger partial charge in [-0.2, -0.15) is 0 Å².